The van der Waals surface area contributed by atoms with Gasteiger partial charge in [0, 0.05) is 37.7 Å². The summed E-state index contributed by atoms with van der Waals surface area (Å²) in [6.07, 6.45) is -3.16. The smallest absolute Gasteiger partial charge is 0.417 e. The van der Waals surface area contributed by atoms with Crippen LogP contribution in [0.25, 0.3) is 10.9 Å². The van der Waals surface area contributed by atoms with Gasteiger partial charge in [-0.2, -0.15) is 13.2 Å². The maximum absolute atomic E-state index is 12.6. The van der Waals surface area contributed by atoms with E-state index in [1.165, 1.54) is 6.92 Å². The van der Waals surface area contributed by atoms with E-state index in [0.717, 1.165) is 12.1 Å². The molecule has 0 aliphatic rings. The zero-order valence-electron chi connectivity index (χ0n) is 16.5. The summed E-state index contributed by atoms with van der Waals surface area (Å²) in [6.45, 7) is 2.29. The molecule has 2 N–H and O–H groups in total. The van der Waals surface area contributed by atoms with Crippen LogP contribution in [0.4, 0.5) is 13.2 Å². The Morgan fingerprint density at radius 3 is 2.48 bits per heavy atom. The van der Waals surface area contributed by atoms with Gasteiger partial charge in [-0.05, 0) is 36.8 Å². The first-order valence-corrected chi connectivity index (χ1v) is 9.37. The summed E-state index contributed by atoms with van der Waals surface area (Å²) in [5, 5.41) is 6.06. The standard InChI is InChI=1S/C21H19F3N4O3/c1-13(29)25-9-2-10-26-20(30)18-6-3-14-11-16(5-7-17(14)28-18)31-19-8-4-15(12-27-19)21(22,23)24/h3-8,11-12H,2,9-10H2,1H3,(H,25,29)(H,26,30). The minimum absolute atomic E-state index is 0.0237. The number of carbonyl (C=O) groups excluding carboxylic acids is 2. The van der Waals surface area contributed by atoms with Gasteiger partial charge >= 0.3 is 6.18 Å². The van der Waals surface area contributed by atoms with E-state index in [0.29, 0.717) is 42.4 Å². The molecule has 0 fully saturated rings. The lowest BCUT2D eigenvalue weighted by Gasteiger charge is -2.09. The number of carbonyl (C=O) groups is 2. The van der Waals surface area contributed by atoms with E-state index in [9.17, 15) is 22.8 Å². The third-order valence-electron chi connectivity index (χ3n) is 4.19. The lowest BCUT2D eigenvalue weighted by Crippen LogP contribution is -2.29. The molecule has 0 aliphatic heterocycles. The van der Waals surface area contributed by atoms with Crippen molar-refractivity contribution in [2.24, 2.45) is 0 Å². The van der Waals surface area contributed by atoms with Gasteiger partial charge in [0.15, 0.2) is 0 Å². The van der Waals surface area contributed by atoms with E-state index in [1.54, 1.807) is 30.3 Å². The second-order valence-corrected chi connectivity index (χ2v) is 6.63. The number of hydrogen-bond acceptors (Lipinski definition) is 5. The number of alkyl halides is 3. The molecular weight excluding hydrogens is 413 g/mol. The monoisotopic (exact) mass is 432 g/mol. The van der Waals surface area contributed by atoms with Crippen molar-refractivity contribution < 1.29 is 27.5 Å². The number of fused-ring (bicyclic) bond motifs is 1. The molecule has 0 atom stereocenters. The van der Waals surface area contributed by atoms with Crippen LogP contribution >= 0.6 is 0 Å². The first kappa shape index (κ1) is 22.0. The molecule has 2 amide bonds. The largest absolute Gasteiger partial charge is 0.439 e. The minimum atomic E-state index is -4.46. The Bertz CT molecular complexity index is 1090. The highest BCUT2D eigenvalue weighted by Crippen LogP contribution is 2.30. The highest BCUT2D eigenvalue weighted by Gasteiger charge is 2.30. The summed E-state index contributed by atoms with van der Waals surface area (Å²) in [5.41, 5.74) is -0.0628. The molecule has 1 aromatic carbocycles. The van der Waals surface area contributed by atoms with Crippen molar-refractivity contribution in [1.29, 1.82) is 0 Å². The average molecular weight is 432 g/mol. The summed E-state index contributed by atoms with van der Waals surface area (Å²) in [5.74, 6) is -0.0636. The molecule has 0 saturated heterocycles. The quantitative estimate of drug-likeness (QED) is 0.556. The van der Waals surface area contributed by atoms with Crippen LogP contribution in [0.1, 0.15) is 29.4 Å². The van der Waals surface area contributed by atoms with Gasteiger partial charge in [0.1, 0.15) is 11.4 Å². The second-order valence-electron chi connectivity index (χ2n) is 6.63. The summed E-state index contributed by atoms with van der Waals surface area (Å²) in [6, 6.07) is 10.2. The van der Waals surface area contributed by atoms with Crippen LogP contribution in [0.2, 0.25) is 0 Å². The molecule has 0 saturated carbocycles. The predicted octanol–water partition coefficient (Wildman–Crippen LogP) is 3.70. The molecule has 3 rings (SSSR count). The van der Waals surface area contributed by atoms with Crippen molar-refractivity contribution in [1.82, 2.24) is 20.6 Å². The SMILES string of the molecule is CC(=O)NCCCNC(=O)c1ccc2cc(Oc3ccc(C(F)(F)F)cn3)ccc2n1. The van der Waals surface area contributed by atoms with E-state index in [4.69, 9.17) is 4.74 Å². The van der Waals surface area contributed by atoms with Crippen molar-refractivity contribution >= 4 is 22.7 Å². The van der Waals surface area contributed by atoms with Gasteiger partial charge in [0.2, 0.25) is 11.8 Å². The zero-order valence-corrected chi connectivity index (χ0v) is 16.5. The number of pyridine rings is 2. The van der Waals surface area contributed by atoms with Crippen molar-refractivity contribution in [3.8, 4) is 11.6 Å². The number of hydrogen-bond donors (Lipinski definition) is 2. The molecule has 3 aromatic rings. The molecule has 0 spiro atoms. The number of ether oxygens (including phenoxy) is 1. The van der Waals surface area contributed by atoms with Crippen molar-refractivity contribution in [3.63, 3.8) is 0 Å². The lowest BCUT2D eigenvalue weighted by molar-refractivity contribution is -0.137. The Morgan fingerprint density at radius 1 is 1.03 bits per heavy atom. The molecule has 162 valence electrons. The molecule has 0 aliphatic carbocycles. The fourth-order valence-corrected chi connectivity index (χ4v) is 2.67. The molecule has 31 heavy (non-hydrogen) atoms. The van der Waals surface area contributed by atoms with Crippen LogP contribution < -0.4 is 15.4 Å². The highest BCUT2D eigenvalue weighted by atomic mass is 19.4. The van der Waals surface area contributed by atoms with Crippen LogP contribution in [0, 0.1) is 0 Å². The Morgan fingerprint density at radius 2 is 1.81 bits per heavy atom. The van der Waals surface area contributed by atoms with Gasteiger partial charge in [-0.3, -0.25) is 9.59 Å². The van der Waals surface area contributed by atoms with E-state index < -0.39 is 11.7 Å². The third-order valence-corrected chi connectivity index (χ3v) is 4.19. The van der Waals surface area contributed by atoms with E-state index >= 15 is 0 Å². The highest BCUT2D eigenvalue weighted by molar-refractivity contribution is 5.95. The summed E-state index contributed by atoms with van der Waals surface area (Å²) in [7, 11) is 0. The number of nitrogens with zero attached hydrogens (tertiary/aromatic N) is 2. The molecule has 0 bridgehead atoms. The molecule has 0 unspecified atom stereocenters. The molecular formula is C21H19F3N4O3. The second kappa shape index (κ2) is 9.41. The van der Waals surface area contributed by atoms with Crippen molar-refractivity contribution in [3.05, 3.63) is 59.9 Å². The Balaban J connectivity index is 1.63. The minimum Gasteiger partial charge on any atom is -0.439 e. The number of halogens is 3. The molecule has 10 heteroatoms. The topological polar surface area (TPSA) is 93.2 Å². The van der Waals surface area contributed by atoms with Crippen molar-refractivity contribution in [2.45, 2.75) is 19.5 Å². The normalized spacial score (nSPS) is 11.2. The average Bonchev–Trinajstić information content (AvgIpc) is 2.72. The molecule has 7 nitrogen and oxygen atoms in total. The van der Waals surface area contributed by atoms with Gasteiger partial charge in [-0.1, -0.05) is 6.07 Å². The zero-order chi connectivity index (χ0) is 22.4. The first-order valence-electron chi connectivity index (χ1n) is 9.37. The Kier molecular flexibility index (Phi) is 6.68. The van der Waals surface area contributed by atoms with Crippen LogP contribution in [-0.2, 0) is 11.0 Å². The van der Waals surface area contributed by atoms with Crippen LogP contribution in [0.15, 0.2) is 48.7 Å². The van der Waals surface area contributed by atoms with E-state index in [2.05, 4.69) is 20.6 Å². The van der Waals surface area contributed by atoms with Gasteiger partial charge in [0.25, 0.3) is 5.91 Å². The van der Waals surface area contributed by atoms with Gasteiger partial charge in [0.05, 0.1) is 11.1 Å². The number of nitrogens with one attached hydrogen (secondary N) is 2. The van der Waals surface area contributed by atoms with Crippen molar-refractivity contribution in [2.75, 3.05) is 13.1 Å². The molecule has 2 heterocycles. The first-order chi connectivity index (χ1) is 14.7. The van der Waals surface area contributed by atoms with Gasteiger partial charge < -0.3 is 15.4 Å². The predicted molar refractivity (Wildman–Crippen MR) is 107 cm³/mol. The summed E-state index contributed by atoms with van der Waals surface area (Å²) >= 11 is 0. The lowest BCUT2D eigenvalue weighted by atomic mass is 10.2. The number of amides is 2. The maximum atomic E-state index is 12.6. The van der Waals surface area contributed by atoms with Gasteiger partial charge in [-0.25, -0.2) is 9.97 Å². The molecule has 0 radical (unpaired) electrons. The van der Waals surface area contributed by atoms with E-state index in [-0.39, 0.29) is 23.4 Å². The number of rotatable bonds is 7. The Labute approximate surface area is 175 Å². The fraction of sp³-hybridized carbons (Fsp3) is 0.238. The van der Waals surface area contributed by atoms with E-state index in [1.807, 2.05) is 0 Å². The number of benzene rings is 1. The Hall–Kier alpha value is -3.69. The number of aromatic nitrogens is 2. The fourth-order valence-electron chi connectivity index (χ4n) is 2.67. The van der Waals surface area contributed by atoms with Crippen LogP contribution in [-0.4, -0.2) is 34.9 Å². The maximum Gasteiger partial charge on any atom is 0.417 e. The summed E-state index contributed by atoms with van der Waals surface area (Å²) < 4.78 is 43.3. The van der Waals surface area contributed by atoms with Gasteiger partial charge in [-0.15, -0.1) is 0 Å². The van der Waals surface area contributed by atoms with Crippen LogP contribution in [0.3, 0.4) is 0 Å². The molecule has 2 aromatic heterocycles. The summed E-state index contributed by atoms with van der Waals surface area (Å²) in [4.78, 5) is 31.0. The third kappa shape index (κ3) is 6.14. The van der Waals surface area contributed by atoms with Crippen LogP contribution in [0.5, 0.6) is 11.6 Å².